The third kappa shape index (κ3) is 4.16. The Morgan fingerprint density at radius 2 is 2.13 bits per heavy atom. The van der Waals surface area contributed by atoms with Crippen LogP contribution in [0.2, 0.25) is 0 Å². The summed E-state index contributed by atoms with van der Waals surface area (Å²) < 4.78 is 0. The zero-order valence-corrected chi connectivity index (χ0v) is 14.8. The Morgan fingerprint density at radius 3 is 2.83 bits per heavy atom. The summed E-state index contributed by atoms with van der Waals surface area (Å²) in [5.74, 6) is 0.592. The van der Waals surface area contributed by atoms with Gasteiger partial charge in [-0.15, -0.1) is 22.7 Å². The van der Waals surface area contributed by atoms with Gasteiger partial charge in [0.2, 0.25) is 5.91 Å². The number of carbonyl (C=O) groups excluding carboxylic acids is 1. The van der Waals surface area contributed by atoms with E-state index in [1.807, 2.05) is 12.3 Å². The maximum absolute atomic E-state index is 12.2. The molecule has 1 aliphatic carbocycles. The third-order valence-electron chi connectivity index (χ3n) is 4.16. The summed E-state index contributed by atoms with van der Waals surface area (Å²) in [4.78, 5) is 21.9. The Bertz CT molecular complexity index is 675. The van der Waals surface area contributed by atoms with Crippen LogP contribution < -0.4 is 5.32 Å². The number of rotatable bonds is 5. The van der Waals surface area contributed by atoms with Gasteiger partial charge in [0, 0.05) is 11.8 Å². The van der Waals surface area contributed by atoms with Crippen molar-refractivity contribution < 1.29 is 9.90 Å². The number of aliphatic hydroxyl groups is 1. The van der Waals surface area contributed by atoms with Crippen molar-refractivity contribution >= 4 is 33.7 Å². The van der Waals surface area contributed by atoms with Gasteiger partial charge in [0.05, 0.1) is 22.9 Å². The normalized spacial score (nSPS) is 15.7. The summed E-state index contributed by atoms with van der Waals surface area (Å²) in [6, 6.07) is 0. The van der Waals surface area contributed by atoms with Crippen molar-refractivity contribution in [2.45, 2.75) is 52.1 Å². The lowest BCUT2D eigenvalue weighted by Crippen LogP contribution is -2.18. The lowest BCUT2D eigenvalue weighted by Gasteiger charge is -2.20. The summed E-state index contributed by atoms with van der Waals surface area (Å²) in [5, 5.41) is 15.4. The van der Waals surface area contributed by atoms with E-state index in [2.05, 4.69) is 15.3 Å². The van der Waals surface area contributed by atoms with Gasteiger partial charge in [-0.3, -0.25) is 4.79 Å². The highest BCUT2D eigenvalue weighted by Crippen LogP contribution is 2.33. The highest BCUT2D eigenvalue weighted by molar-refractivity contribution is 7.17. The highest BCUT2D eigenvalue weighted by atomic mass is 32.1. The second kappa shape index (κ2) is 7.51. The summed E-state index contributed by atoms with van der Waals surface area (Å²) in [6.45, 7) is 1.85. The molecule has 2 N–H and O–H groups in total. The topological polar surface area (TPSA) is 75.1 Å². The van der Waals surface area contributed by atoms with Crippen molar-refractivity contribution in [2.24, 2.45) is 5.92 Å². The molecular weight excluding hydrogens is 330 g/mol. The number of aryl methyl sites for hydroxylation is 1. The molecule has 2 heterocycles. The van der Waals surface area contributed by atoms with Crippen molar-refractivity contribution in [1.29, 1.82) is 0 Å². The number of aliphatic hydroxyl groups excluding tert-OH is 1. The van der Waals surface area contributed by atoms with Crippen LogP contribution in [0.5, 0.6) is 0 Å². The average Bonchev–Trinajstić information content (AvgIpc) is 3.14. The SMILES string of the molecule is Cc1nc(CO)sc1-c1csc(NC(=O)CC2CCCCC2)n1. The van der Waals surface area contributed by atoms with E-state index in [-0.39, 0.29) is 12.5 Å². The predicted octanol–water partition coefficient (Wildman–Crippen LogP) is 3.98. The molecule has 1 aliphatic rings. The average molecular weight is 351 g/mol. The number of aromatic nitrogens is 2. The number of carbonyl (C=O) groups is 1. The number of thiazole rings is 2. The van der Waals surface area contributed by atoms with Crippen molar-refractivity contribution in [2.75, 3.05) is 5.32 Å². The summed E-state index contributed by atoms with van der Waals surface area (Å²) in [5.41, 5.74) is 1.68. The fraction of sp³-hybridized carbons (Fsp3) is 0.562. The first-order valence-corrected chi connectivity index (χ1v) is 9.68. The summed E-state index contributed by atoms with van der Waals surface area (Å²) in [7, 11) is 0. The van der Waals surface area contributed by atoms with Crippen LogP contribution in [0.15, 0.2) is 5.38 Å². The number of hydrogen-bond donors (Lipinski definition) is 2. The number of anilines is 1. The molecule has 0 unspecified atom stereocenters. The predicted molar refractivity (Wildman–Crippen MR) is 93.7 cm³/mol. The van der Waals surface area contributed by atoms with Crippen LogP contribution in [0.3, 0.4) is 0 Å². The quantitative estimate of drug-likeness (QED) is 0.854. The van der Waals surface area contributed by atoms with Gasteiger partial charge >= 0.3 is 0 Å². The van der Waals surface area contributed by atoms with E-state index in [0.717, 1.165) is 16.3 Å². The minimum Gasteiger partial charge on any atom is -0.389 e. The monoisotopic (exact) mass is 351 g/mol. The first-order chi connectivity index (χ1) is 11.2. The second-order valence-corrected chi connectivity index (χ2v) is 7.92. The van der Waals surface area contributed by atoms with Gasteiger partial charge < -0.3 is 10.4 Å². The Hall–Kier alpha value is -1.31. The fourth-order valence-corrected chi connectivity index (χ4v) is 4.69. The Kier molecular flexibility index (Phi) is 5.40. The Balaban J connectivity index is 1.62. The molecule has 1 saturated carbocycles. The van der Waals surface area contributed by atoms with E-state index in [9.17, 15) is 9.90 Å². The number of nitrogens with zero attached hydrogens (tertiary/aromatic N) is 2. The number of hydrogen-bond acceptors (Lipinski definition) is 6. The molecule has 5 nitrogen and oxygen atoms in total. The van der Waals surface area contributed by atoms with Crippen molar-refractivity contribution in [3.8, 4) is 10.6 Å². The molecular formula is C16H21N3O2S2. The van der Waals surface area contributed by atoms with Gasteiger partial charge in [-0.25, -0.2) is 9.97 Å². The minimum atomic E-state index is -0.0549. The molecule has 0 spiro atoms. The second-order valence-electron chi connectivity index (χ2n) is 5.97. The van der Waals surface area contributed by atoms with Gasteiger partial charge in [-0.2, -0.15) is 0 Å². The zero-order valence-electron chi connectivity index (χ0n) is 13.2. The molecule has 23 heavy (non-hydrogen) atoms. The van der Waals surface area contributed by atoms with Crippen LogP contribution in [0.4, 0.5) is 5.13 Å². The van der Waals surface area contributed by atoms with Crippen LogP contribution in [0, 0.1) is 12.8 Å². The Labute approximate surface area is 143 Å². The number of nitrogens with one attached hydrogen (secondary N) is 1. The molecule has 2 aromatic rings. The summed E-state index contributed by atoms with van der Waals surface area (Å²) in [6.07, 6.45) is 6.73. The fourth-order valence-electron chi connectivity index (χ4n) is 3.02. The van der Waals surface area contributed by atoms with Crippen molar-refractivity contribution in [3.63, 3.8) is 0 Å². The molecule has 124 valence electrons. The van der Waals surface area contributed by atoms with Crippen LogP contribution in [0.25, 0.3) is 10.6 Å². The molecule has 7 heteroatoms. The molecule has 1 fully saturated rings. The molecule has 2 aromatic heterocycles. The molecule has 0 aliphatic heterocycles. The van der Waals surface area contributed by atoms with Gasteiger partial charge in [0.1, 0.15) is 5.01 Å². The van der Waals surface area contributed by atoms with E-state index in [1.54, 1.807) is 0 Å². The lowest BCUT2D eigenvalue weighted by atomic mass is 9.87. The van der Waals surface area contributed by atoms with E-state index >= 15 is 0 Å². The molecule has 0 aromatic carbocycles. The van der Waals surface area contributed by atoms with E-state index < -0.39 is 0 Å². The maximum Gasteiger partial charge on any atom is 0.226 e. The molecule has 0 bridgehead atoms. The smallest absolute Gasteiger partial charge is 0.226 e. The standard InChI is InChI=1S/C16H21N3O2S2/c1-10-15(23-14(8-20)17-10)12-9-22-16(18-12)19-13(21)7-11-5-3-2-4-6-11/h9,11,20H,2-8H2,1H3,(H,18,19,21). The number of amides is 1. The van der Waals surface area contributed by atoms with E-state index in [4.69, 9.17) is 0 Å². The zero-order chi connectivity index (χ0) is 16.2. The first kappa shape index (κ1) is 16.5. The molecule has 3 rings (SSSR count). The Morgan fingerprint density at radius 1 is 1.35 bits per heavy atom. The highest BCUT2D eigenvalue weighted by Gasteiger charge is 2.18. The minimum absolute atomic E-state index is 0.0549. The van der Waals surface area contributed by atoms with Crippen LogP contribution in [0.1, 0.15) is 49.2 Å². The van der Waals surface area contributed by atoms with Crippen molar-refractivity contribution in [1.82, 2.24) is 9.97 Å². The molecule has 0 radical (unpaired) electrons. The van der Waals surface area contributed by atoms with Crippen LogP contribution in [-0.2, 0) is 11.4 Å². The third-order valence-corrected chi connectivity index (χ3v) is 6.08. The van der Waals surface area contributed by atoms with Crippen LogP contribution in [-0.4, -0.2) is 21.0 Å². The maximum atomic E-state index is 12.2. The van der Waals surface area contributed by atoms with Gasteiger partial charge in [0.15, 0.2) is 5.13 Å². The molecule has 0 atom stereocenters. The first-order valence-electron chi connectivity index (χ1n) is 7.98. The molecule has 0 saturated heterocycles. The molecule has 1 amide bonds. The van der Waals surface area contributed by atoms with Crippen LogP contribution >= 0.6 is 22.7 Å². The van der Waals surface area contributed by atoms with Gasteiger partial charge in [-0.05, 0) is 25.7 Å². The van der Waals surface area contributed by atoms with E-state index in [1.165, 1.54) is 54.8 Å². The summed E-state index contributed by atoms with van der Waals surface area (Å²) >= 11 is 2.88. The van der Waals surface area contributed by atoms with Gasteiger partial charge in [-0.1, -0.05) is 19.3 Å². The van der Waals surface area contributed by atoms with E-state index in [0.29, 0.717) is 22.5 Å². The van der Waals surface area contributed by atoms with Crippen molar-refractivity contribution in [3.05, 3.63) is 16.1 Å². The van der Waals surface area contributed by atoms with Gasteiger partial charge in [0.25, 0.3) is 0 Å². The lowest BCUT2D eigenvalue weighted by molar-refractivity contribution is -0.117. The largest absolute Gasteiger partial charge is 0.389 e.